The Balaban J connectivity index is 1.40. The van der Waals surface area contributed by atoms with Gasteiger partial charge >= 0.3 is 0 Å². The molecule has 0 spiro atoms. The van der Waals surface area contributed by atoms with Crippen LogP contribution in [0.3, 0.4) is 0 Å². The fourth-order valence-corrected chi connectivity index (χ4v) is 3.79. The maximum Gasteiger partial charge on any atom is 0.134 e. The smallest absolute Gasteiger partial charge is 0.134 e. The molecular formula is C22H28N6O. The van der Waals surface area contributed by atoms with Crippen molar-refractivity contribution in [2.75, 3.05) is 29.9 Å². The van der Waals surface area contributed by atoms with Crippen molar-refractivity contribution >= 4 is 11.6 Å². The lowest BCUT2D eigenvalue weighted by molar-refractivity contribution is 0.208. The van der Waals surface area contributed by atoms with Gasteiger partial charge in [0.15, 0.2) is 0 Å². The molecular weight excluding hydrogens is 364 g/mol. The molecule has 152 valence electrons. The van der Waals surface area contributed by atoms with Gasteiger partial charge in [-0.05, 0) is 31.2 Å². The van der Waals surface area contributed by atoms with Crippen molar-refractivity contribution in [3.63, 3.8) is 0 Å². The van der Waals surface area contributed by atoms with Crippen LogP contribution in [0.1, 0.15) is 36.9 Å². The quantitative estimate of drug-likeness (QED) is 0.643. The largest absolute Gasteiger partial charge is 0.396 e. The maximum absolute atomic E-state index is 9.47. The van der Waals surface area contributed by atoms with E-state index in [9.17, 15) is 5.11 Å². The molecule has 1 aromatic carbocycles. The van der Waals surface area contributed by atoms with Gasteiger partial charge in [0.1, 0.15) is 18.0 Å². The van der Waals surface area contributed by atoms with Crippen molar-refractivity contribution in [2.45, 2.75) is 32.4 Å². The Morgan fingerprint density at radius 3 is 2.93 bits per heavy atom. The molecule has 1 saturated heterocycles. The second-order valence-corrected chi connectivity index (χ2v) is 7.72. The van der Waals surface area contributed by atoms with Gasteiger partial charge < -0.3 is 15.3 Å². The number of rotatable bonds is 7. The highest BCUT2D eigenvalue weighted by Gasteiger charge is 2.21. The second kappa shape index (κ2) is 9.05. The molecule has 4 rings (SSSR count). The molecule has 2 N–H and O–H groups in total. The Bertz CT molecular complexity index is 912. The summed E-state index contributed by atoms with van der Waals surface area (Å²) < 4.78 is 1.96. The highest BCUT2D eigenvalue weighted by atomic mass is 16.3. The third kappa shape index (κ3) is 4.92. The van der Waals surface area contributed by atoms with Gasteiger partial charge in [0.05, 0.1) is 18.8 Å². The molecule has 2 unspecified atom stereocenters. The number of benzene rings is 1. The summed E-state index contributed by atoms with van der Waals surface area (Å²) in [5.41, 5.74) is 2.34. The third-order valence-corrected chi connectivity index (χ3v) is 5.46. The lowest BCUT2D eigenvalue weighted by Crippen LogP contribution is -2.37. The Labute approximate surface area is 171 Å². The van der Waals surface area contributed by atoms with E-state index in [0.717, 1.165) is 49.7 Å². The summed E-state index contributed by atoms with van der Waals surface area (Å²) in [6.07, 6.45) is 7.73. The molecule has 29 heavy (non-hydrogen) atoms. The first kappa shape index (κ1) is 19.4. The molecule has 1 fully saturated rings. The number of aromatic nitrogens is 4. The van der Waals surface area contributed by atoms with E-state index in [4.69, 9.17) is 0 Å². The van der Waals surface area contributed by atoms with Crippen molar-refractivity contribution in [2.24, 2.45) is 5.92 Å². The Morgan fingerprint density at radius 2 is 2.10 bits per heavy atom. The molecule has 2 aromatic heterocycles. The van der Waals surface area contributed by atoms with Gasteiger partial charge in [0.25, 0.3) is 0 Å². The van der Waals surface area contributed by atoms with Crippen LogP contribution < -0.4 is 10.2 Å². The lowest BCUT2D eigenvalue weighted by atomic mass is 9.99. The zero-order valence-electron chi connectivity index (χ0n) is 16.8. The molecule has 7 nitrogen and oxygen atoms in total. The van der Waals surface area contributed by atoms with Gasteiger partial charge in [-0.1, -0.05) is 30.3 Å². The number of nitrogens with zero attached hydrogens (tertiary/aromatic N) is 5. The topological polar surface area (TPSA) is 79.1 Å². The van der Waals surface area contributed by atoms with Crippen LogP contribution in [0, 0.1) is 5.92 Å². The predicted octanol–water partition coefficient (Wildman–Crippen LogP) is 3.10. The number of hydrogen-bond donors (Lipinski definition) is 2. The number of aliphatic hydroxyl groups is 1. The highest BCUT2D eigenvalue weighted by Crippen LogP contribution is 2.24. The number of piperidine rings is 1. The maximum atomic E-state index is 9.47. The van der Waals surface area contributed by atoms with Gasteiger partial charge in [0, 0.05) is 37.5 Å². The number of anilines is 2. The summed E-state index contributed by atoms with van der Waals surface area (Å²) in [5.74, 6) is 2.03. The van der Waals surface area contributed by atoms with E-state index in [1.807, 2.05) is 35.1 Å². The van der Waals surface area contributed by atoms with Crippen LogP contribution in [0.5, 0.6) is 0 Å². The molecule has 0 bridgehead atoms. The van der Waals surface area contributed by atoms with E-state index in [1.165, 1.54) is 5.56 Å². The number of hydrogen-bond acceptors (Lipinski definition) is 6. The van der Waals surface area contributed by atoms with Crippen LogP contribution in [-0.4, -0.2) is 44.6 Å². The van der Waals surface area contributed by atoms with Crippen molar-refractivity contribution in [1.29, 1.82) is 0 Å². The van der Waals surface area contributed by atoms with E-state index < -0.39 is 0 Å². The standard InChI is InChI=1S/C22H28N6O/c1-17(20-11-25-28(14-20)13-18-6-3-2-4-7-18)26-21-10-22(24-16-23-21)27-9-5-8-19(12-27)15-29/h2-4,6-7,10-11,14,16-17,19,29H,5,8-9,12-13,15H2,1H3,(H,23,24,26). The average Bonchev–Trinajstić information content (AvgIpc) is 3.23. The van der Waals surface area contributed by atoms with E-state index in [1.54, 1.807) is 6.33 Å². The minimum atomic E-state index is 0.0776. The molecule has 0 amide bonds. The normalized spacial score (nSPS) is 17.9. The molecule has 1 aliphatic rings. The van der Waals surface area contributed by atoms with Crippen LogP contribution in [-0.2, 0) is 6.54 Å². The van der Waals surface area contributed by atoms with Crippen LogP contribution in [0.15, 0.2) is 55.1 Å². The van der Waals surface area contributed by atoms with Crippen LogP contribution >= 0.6 is 0 Å². The van der Waals surface area contributed by atoms with E-state index >= 15 is 0 Å². The monoisotopic (exact) mass is 392 g/mol. The summed E-state index contributed by atoms with van der Waals surface area (Å²) >= 11 is 0. The van der Waals surface area contributed by atoms with Crippen LogP contribution in [0.25, 0.3) is 0 Å². The predicted molar refractivity (Wildman–Crippen MR) is 114 cm³/mol. The Kier molecular flexibility index (Phi) is 6.05. The van der Waals surface area contributed by atoms with Gasteiger partial charge in [-0.15, -0.1) is 0 Å². The average molecular weight is 393 g/mol. The van der Waals surface area contributed by atoms with Crippen molar-refractivity contribution in [3.8, 4) is 0 Å². The first-order valence-corrected chi connectivity index (χ1v) is 10.2. The van der Waals surface area contributed by atoms with Crippen molar-refractivity contribution in [3.05, 3.63) is 66.2 Å². The first-order valence-electron chi connectivity index (χ1n) is 10.2. The summed E-state index contributed by atoms with van der Waals surface area (Å²) in [4.78, 5) is 11.1. The summed E-state index contributed by atoms with van der Waals surface area (Å²) in [7, 11) is 0. The van der Waals surface area contributed by atoms with Crippen molar-refractivity contribution < 1.29 is 5.11 Å². The summed E-state index contributed by atoms with van der Waals surface area (Å²) in [5, 5.41) is 17.4. The fraction of sp³-hybridized carbons (Fsp3) is 0.409. The first-order chi connectivity index (χ1) is 14.2. The van der Waals surface area contributed by atoms with Crippen LogP contribution in [0.4, 0.5) is 11.6 Å². The zero-order valence-corrected chi connectivity index (χ0v) is 16.8. The number of aliphatic hydroxyl groups excluding tert-OH is 1. The molecule has 0 aliphatic carbocycles. The van der Waals surface area contributed by atoms with Gasteiger partial charge in [-0.3, -0.25) is 4.68 Å². The van der Waals surface area contributed by atoms with Gasteiger partial charge in [-0.2, -0.15) is 5.10 Å². The fourth-order valence-electron chi connectivity index (χ4n) is 3.79. The third-order valence-electron chi connectivity index (χ3n) is 5.46. The Hall–Kier alpha value is -2.93. The minimum absolute atomic E-state index is 0.0776. The molecule has 3 aromatic rings. The minimum Gasteiger partial charge on any atom is -0.396 e. The number of nitrogens with one attached hydrogen (secondary N) is 1. The van der Waals surface area contributed by atoms with Gasteiger partial charge in [-0.25, -0.2) is 9.97 Å². The molecule has 1 aliphatic heterocycles. The molecule has 3 heterocycles. The van der Waals surface area contributed by atoms with E-state index in [-0.39, 0.29) is 12.6 Å². The van der Waals surface area contributed by atoms with E-state index in [2.05, 4.69) is 50.5 Å². The molecule has 7 heteroatoms. The Morgan fingerprint density at radius 1 is 1.24 bits per heavy atom. The zero-order chi connectivity index (χ0) is 20.1. The molecule has 0 saturated carbocycles. The highest BCUT2D eigenvalue weighted by molar-refractivity contribution is 5.49. The SMILES string of the molecule is CC(Nc1cc(N2CCCC(CO)C2)ncn1)c1cnn(Cc2ccccc2)c1. The molecule has 2 atom stereocenters. The second-order valence-electron chi connectivity index (χ2n) is 7.72. The van der Waals surface area contributed by atoms with E-state index in [0.29, 0.717) is 5.92 Å². The summed E-state index contributed by atoms with van der Waals surface area (Å²) in [6, 6.07) is 12.4. The van der Waals surface area contributed by atoms with Crippen molar-refractivity contribution in [1.82, 2.24) is 19.7 Å². The summed E-state index contributed by atoms with van der Waals surface area (Å²) in [6.45, 7) is 4.90. The van der Waals surface area contributed by atoms with Crippen LogP contribution in [0.2, 0.25) is 0 Å². The van der Waals surface area contributed by atoms with Gasteiger partial charge in [0.2, 0.25) is 0 Å². The lowest BCUT2D eigenvalue weighted by Gasteiger charge is -2.32. The molecule has 0 radical (unpaired) electrons.